The molecule has 1 aromatic heterocycles. The number of carboxylic acids is 1. The summed E-state index contributed by atoms with van der Waals surface area (Å²) in [6, 6.07) is -0.883. The van der Waals surface area contributed by atoms with Gasteiger partial charge in [-0.05, 0) is 27.0 Å². The van der Waals surface area contributed by atoms with Gasteiger partial charge in [0.2, 0.25) is 0 Å². The Morgan fingerprint density at radius 2 is 2.11 bits per heavy atom. The third-order valence-electron chi connectivity index (χ3n) is 2.84. The molecule has 1 atom stereocenters. The lowest BCUT2D eigenvalue weighted by atomic mass is 10.1. The Morgan fingerprint density at radius 3 is 2.53 bits per heavy atom. The van der Waals surface area contributed by atoms with Crippen LogP contribution in [0.25, 0.3) is 0 Å². The first-order valence-electron chi connectivity index (χ1n) is 5.98. The van der Waals surface area contributed by atoms with Gasteiger partial charge in [-0.3, -0.25) is 9.48 Å². The number of carbonyl (C=O) groups excluding carboxylic acids is 1. The standard InChI is InChI=1S/C12H19N3O3S/c1-5-15-8(3)10(7(2)14-15)11(16)13-9(6-19-4)12(17)18/h9H,5-6H2,1-4H3,(H,13,16)(H,17,18)/t9-/m0/s1. The SMILES string of the molecule is CCn1nc(C)c(C(=O)N[C@@H](CSC)C(=O)O)c1C. The normalized spacial score (nSPS) is 12.2. The largest absolute Gasteiger partial charge is 0.480 e. The number of amides is 1. The lowest BCUT2D eigenvalue weighted by molar-refractivity contribution is -0.138. The van der Waals surface area contributed by atoms with Gasteiger partial charge in [0.05, 0.1) is 11.3 Å². The van der Waals surface area contributed by atoms with Crippen molar-refractivity contribution in [1.29, 1.82) is 0 Å². The number of aryl methyl sites for hydroxylation is 2. The fraction of sp³-hybridized carbons (Fsp3) is 0.583. The first kappa shape index (κ1) is 15.6. The molecule has 0 unspecified atom stereocenters. The minimum Gasteiger partial charge on any atom is -0.480 e. The molecule has 0 aliphatic rings. The van der Waals surface area contributed by atoms with Gasteiger partial charge in [0.25, 0.3) is 5.91 Å². The molecule has 0 radical (unpaired) electrons. The van der Waals surface area contributed by atoms with Gasteiger partial charge in [-0.25, -0.2) is 4.79 Å². The van der Waals surface area contributed by atoms with Crippen LogP contribution < -0.4 is 5.32 Å². The van der Waals surface area contributed by atoms with Crippen molar-refractivity contribution in [2.75, 3.05) is 12.0 Å². The number of carboxylic acid groups (broad SMARTS) is 1. The molecule has 0 spiro atoms. The summed E-state index contributed by atoms with van der Waals surface area (Å²) in [5, 5.41) is 15.8. The summed E-state index contributed by atoms with van der Waals surface area (Å²) in [7, 11) is 0. The number of hydrogen-bond acceptors (Lipinski definition) is 4. The van der Waals surface area contributed by atoms with E-state index in [9.17, 15) is 9.59 Å². The minimum absolute atomic E-state index is 0.334. The highest BCUT2D eigenvalue weighted by Gasteiger charge is 2.24. The summed E-state index contributed by atoms with van der Waals surface area (Å²) in [4.78, 5) is 23.2. The fourth-order valence-electron chi connectivity index (χ4n) is 1.91. The molecule has 1 amide bonds. The van der Waals surface area contributed by atoms with E-state index in [0.29, 0.717) is 23.6 Å². The molecule has 2 N–H and O–H groups in total. The lowest BCUT2D eigenvalue weighted by Gasteiger charge is -2.13. The van der Waals surface area contributed by atoms with Gasteiger partial charge in [-0.2, -0.15) is 16.9 Å². The minimum atomic E-state index is -1.03. The summed E-state index contributed by atoms with van der Waals surface area (Å²) >= 11 is 1.38. The average molecular weight is 285 g/mol. The number of hydrogen-bond donors (Lipinski definition) is 2. The number of nitrogens with zero attached hydrogens (tertiary/aromatic N) is 2. The smallest absolute Gasteiger partial charge is 0.327 e. The van der Waals surface area contributed by atoms with E-state index < -0.39 is 12.0 Å². The van der Waals surface area contributed by atoms with Crippen LogP contribution in [0.3, 0.4) is 0 Å². The monoisotopic (exact) mass is 285 g/mol. The van der Waals surface area contributed by atoms with E-state index >= 15 is 0 Å². The summed E-state index contributed by atoms with van der Waals surface area (Å²) in [5.41, 5.74) is 1.84. The zero-order valence-electron chi connectivity index (χ0n) is 11.6. The van der Waals surface area contributed by atoms with E-state index in [1.54, 1.807) is 17.9 Å². The Kier molecular flexibility index (Phi) is 5.41. The zero-order chi connectivity index (χ0) is 14.6. The summed E-state index contributed by atoms with van der Waals surface area (Å²) < 4.78 is 1.73. The molecule has 19 heavy (non-hydrogen) atoms. The van der Waals surface area contributed by atoms with E-state index in [1.165, 1.54) is 11.8 Å². The summed E-state index contributed by atoms with van der Waals surface area (Å²) in [6.07, 6.45) is 1.80. The van der Waals surface area contributed by atoms with Gasteiger partial charge < -0.3 is 10.4 Å². The van der Waals surface area contributed by atoms with Crippen LogP contribution in [-0.2, 0) is 11.3 Å². The average Bonchev–Trinajstić information content (AvgIpc) is 2.63. The van der Waals surface area contributed by atoms with Gasteiger partial charge in [0.15, 0.2) is 0 Å². The summed E-state index contributed by atoms with van der Waals surface area (Å²) in [5.74, 6) is -1.07. The van der Waals surface area contributed by atoms with Crippen LogP contribution in [0.2, 0.25) is 0 Å². The number of rotatable bonds is 6. The molecule has 0 aromatic carbocycles. The highest BCUT2D eigenvalue weighted by atomic mass is 32.2. The van der Waals surface area contributed by atoms with Crippen molar-refractivity contribution in [2.45, 2.75) is 33.4 Å². The third-order valence-corrected chi connectivity index (χ3v) is 3.51. The van der Waals surface area contributed by atoms with E-state index in [-0.39, 0.29) is 5.91 Å². The third kappa shape index (κ3) is 3.50. The molecule has 1 heterocycles. The molecule has 0 bridgehead atoms. The van der Waals surface area contributed by atoms with Crippen LogP contribution in [0.4, 0.5) is 0 Å². The van der Waals surface area contributed by atoms with Gasteiger partial charge in [-0.1, -0.05) is 0 Å². The van der Waals surface area contributed by atoms with Crippen LogP contribution >= 0.6 is 11.8 Å². The molecule has 0 saturated carbocycles. The molecule has 6 nitrogen and oxygen atoms in total. The molecular weight excluding hydrogens is 266 g/mol. The Bertz CT molecular complexity index is 485. The van der Waals surface area contributed by atoms with Crippen LogP contribution in [0.1, 0.15) is 28.7 Å². The second-order valence-electron chi connectivity index (χ2n) is 4.18. The highest BCUT2D eigenvalue weighted by molar-refractivity contribution is 7.98. The van der Waals surface area contributed by atoms with Crippen molar-refractivity contribution in [1.82, 2.24) is 15.1 Å². The Hall–Kier alpha value is -1.50. The van der Waals surface area contributed by atoms with Crippen LogP contribution in [0.5, 0.6) is 0 Å². The predicted molar refractivity (Wildman–Crippen MR) is 74.6 cm³/mol. The Labute approximate surface area is 116 Å². The number of nitrogens with one attached hydrogen (secondary N) is 1. The van der Waals surface area contributed by atoms with E-state index in [4.69, 9.17) is 5.11 Å². The van der Waals surface area contributed by atoms with Gasteiger partial charge in [0.1, 0.15) is 6.04 Å². The quantitative estimate of drug-likeness (QED) is 0.816. The molecule has 0 aliphatic carbocycles. The predicted octanol–water partition coefficient (Wildman–Crippen LogP) is 1.07. The molecule has 1 rings (SSSR count). The maximum atomic E-state index is 12.2. The van der Waals surface area contributed by atoms with Crippen molar-refractivity contribution >= 4 is 23.6 Å². The summed E-state index contributed by atoms with van der Waals surface area (Å²) in [6.45, 7) is 6.17. The van der Waals surface area contributed by atoms with E-state index in [0.717, 1.165) is 5.69 Å². The van der Waals surface area contributed by atoms with Crippen LogP contribution in [0, 0.1) is 13.8 Å². The second-order valence-corrected chi connectivity index (χ2v) is 5.09. The number of thioether (sulfide) groups is 1. The van der Waals surface area contributed by atoms with E-state index in [1.807, 2.05) is 13.8 Å². The van der Waals surface area contributed by atoms with Crippen LogP contribution in [-0.4, -0.2) is 44.8 Å². The fourth-order valence-corrected chi connectivity index (χ4v) is 2.46. The molecule has 0 saturated heterocycles. The molecule has 0 aliphatic heterocycles. The lowest BCUT2D eigenvalue weighted by Crippen LogP contribution is -2.42. The van der Waals surface area contributed by atoms with Crippen molar-refractivity contribution in [2.24, 2.45) is 0 Å². The first-order valence-corrected chi connectivity index (χ1v) is 7.38. The zero-order valence-corrected chi connectivity index (χ0v) is 12.4. The van der Waals surface area contributed by atoms with Crippen molar-refractivity contribution in [3.8, 4) is 0 Å². The highest BCUT2D eigenvalue weighted by Crippen LogP contribution is 2.13. The van der Waals surface area contributed by atoms with E-state index in [2.05, 4.69) is 10.4 Å². The van der Waals surface area contributed by atoms with Gasteiger partial charge in [-0.15, -0.1) is 0 Å². The maximum absolute atomic E-state index is 12.2. The van der Waals surface area contributed by atoms with Crippen molar-refractivity contribution < 1.29 is 14.7 Å². The number of aliphatic carboxylic acids is 1. The molecule has 106 valence electrons. The molecular formula is C12H19N3O3S. The van der Waals surface area contributed by atoms with Crippen molar-refractivity contribution in [3.05, 3.63) is 17.0 Å². The molecule has 0 fully saturated rings. The Balaban J connectivity index is 2.94. The van der Waals surface area contributed by atoms with Crippen molar-refractivity contribution in [3.63, 3.8) is 0 Å². The first-order chi connectivity index (χ1) is 8.92. The second kappa shape index (κ2) is 6.60. The molecule has 1 aromatic rings. The van der Waals surface area contributed by atoms with Gasteiger partial charge >= 0.3 is 5.97 Å². The van der Waals surface area contributed by atoms with Gasteiger partial charge in [0, 0.05) is 18.0 Å². The maximum Gasteiger partial charge on any atom is 0.327 e. The number of aromatic nitrogens is 2. The Morgan fingerprint density at radius 1 is 1.47 bits per heavy atom. The molecule has 7 heteroatoms. The topological polar surface area (TPSA) is 84.2 Å². The number of carbonyl (C=O) groups is 2. The van der Waals surface area contributed by atoms with Crippen LogP contribution in [0.15, 0.2) is 0 Å².